The minimum atomic E-state index is -0.439. The Kier molecular flexibility index (Phi) is 6.39. The van der Waals surface area contributed by atoms with Crippen molar-refractivity contribution in [2.75, 3.05) is 55.7 Å². The Hall–Kier alpha value is -3.19. The van der Waals surface area contributed by atoms with E-state index in [0.717, 1.165) is 87.4 Å². The van der Waals surface area contributed by atoms with Crippen LogP contribution in [0.15, 0.2) is 53.1 Å². The van der Waals surface area contributed by atoms with Crippen LogP contribution in [-0.4, -0.2) is 56.8 Å². The van der Waals surface area contributed by atoms with E-state index < -0.39 is 6.03 Å². The van der Waals surface area contributed by atoms with Gasteiger partial charge in [0.05, 0.1) is 12.3 Å². The summed E-state index contributed by atoms with van der Waals surface area (Å²) in [6.45, 7) is 6.64. The van der Waals surface area contributed by atoms with Crippen LogP contribution >= 0.6 is 0 Å². The Labute approximate surface area is 194 Å². The fourth-order valence-electron chi connectivity index (χ4n) is 4.90. The van der Waals surface area contributed by atoms with Gasteiger partial charge in [0.1, 0.15) is 17.6 Å². The van der Waals surface area contributed by atoms with Gasteiger partial charge in [-0.2, -0.15) is 0 Å². The van der Waals surface area contributed by atoms with Crippen LogP contribution in [0.25, 0.3) is 11.0 Å². The molecule has 1 fully saturated rings. The number of primary amides is 1. The van der Waals surface area contributed by atoms with Gasteiger partial charge in [0.15, 0.2) is 0 Å². The smallest absolute Gasteiger partial charge is 0.319 e. The number of amides is 2. The third-order valence-electron chi connectivity index (χ3n) is 6.75. The molecule has 2 aliphatic heterocycles. The number of carbonyl (C=O) groups excluding carboxylic acids is 1. The van der Waals surface area contributed by atoms with Crippen molar-refractivity contribution in [2.45, 2.75) is 25.7 Å². The number of hydrogen-bond donors (Lipinski definition) is 1. The molecule has 0 saturated carbocycles. The highest BCUT2D eigenvalue weighted by Gasteiger charge is 2.20. The number of piperazine rings is 1. The molecule has 1 saturated heterocycles. The van der Waals surface area contributed by atoms with Crippen LogP contribution in [-0.2, 0) is 6.42 Å². The Morgan fingerprint density at radius 3 is 2.76 bits per heavy atom. The van der Waals surface area contributed by atoms with Gasteiger partial charge in [0.2, 0.25) is 0 Å². The van der Waals surface area contributed by atoms with Crippen LogP contribution in [0.4, 0.5) is 16.2 Å². The summed E-state index contributed by atoms with van der Waals surface area (Å²) < 4.78 is 11.3. The van der Waals surface area contributed by atoms with E-state index >= 15 is 0 Å². The van der Waals surface area contributed by atoms with Crippen molar-refractivity contribution in [1.29, 1.82) is 0 Å². The van der Waals surface area contributed by atoms with Gasteiger partial charge in [-0.05, 0) is 68.1 Å². The van der Waals surface area contributed by atoms with E-state index in [1.807, 2.05) is 24.3 Å². The molecular formula is C26H32N4O3. The number of carbonyl (C=O) groups is 1. The molecule has 0 aliphatic carbocycles. The average Bonchev–Trinajstić information content (AvgIpc) is 3.28. The zero-order valence-corrected chi connectivity index (χ0v) is 19.0. The highest BCUT2D eigenvalue weighted by molar-refractivity contribution is 6.01. The van der Waals surface area contributed by atoms with Gasteiger partial charge in [-0.25, -0.2) is 4.79 Å². The molecule has 2 aromatic carbocycles. The average molecular weight is 449 g/mol. The second-order valence-electron chi connectivity index (χ2n) is 8.89. The van der Waals surface area contributed by atoms with Crippen molar-refractivity contribution in [1.82, 2.24) is 4.90 Å². The molecule has 2 amide bonds. The maximum Gasteiger partial charge on any atom is 0.319 e. The number of para-hydroxylation sites is 1. The van der Waals surface area contributed by atoms with Crippen molar-refractivity contribution in [3.05, 3.63) is 54.3 Å². The summed E-state index contributed by atoms with van der Waals surface area (Å²) in [4.78, 5) is 18.7. The lowest BCUT2D eigenvalue weighted by Gasteiger charge is -2.36. The molecule has 3 heterocycles. The summed E-state index contributed by atoms with van der Waals surface area (Å²) in [5.74, 6) is 1.05. The molecule has 2 N–H and O–H groups in total. The fourth-order valence-corrected chi connectivity index (χ4v) is 4.90. The molecule has 174 valence electrons. The van der Waals surface area contributed by atoms with Crippen LogP contribution < -0.4 is 20.3 Å². The normalized spacial score (nSPS) is 16.4. The standard InChI is InChI=1S/C26H32N4O3/c27-26(31)30(23-19-33-25-8-2-1-7-22(23)25)12-4-3-11-28-13-15-29(16-14-28)21-9-10-24-20(18-21)6-5-17-32-24/h1-2,7-10,18-19H,3-6,11-17H2,(H2,27,31). The van der Waals surface area contributed by atoms with E-state index in [4.69, 9.17) is 14.9 Å². The van der Waals surface area contributed by atoms with Crippen molar-refractivity contribution in [2.24, 2.45) is 5.73 Å². The van der Waals surface area contributed by atoms with Crippen molar-refractivity contribution in [3.63, 3.8) is 0 Å². The number of furan rings is 1. The molecule has 33 heavy (non-hydrogen) atoms. The topological polar surface area (TPSA) is 75.2 Å². The van der Waals surface area contributed by atoms with Crippen LogP contribution in [0, 0.1) is 0 Å². The molecule has 7 heteroatoms. The lowest BCUT2D eigenvalue weighted by Crippen LogP contribution is -2.46. The van der Waals surface area contributed by atoms with Crippen molar-refractivity contribution >= 4 is 28.4 Å². The first kappa shape index (κ1) is 21.6. The van der Waals surface area contributed by atoms with E-state index in [2.05, 4.69) is 28.0 Å². The summed E-state index contributed by atoms with van der Waals surface area (Å²) in [7, 11) is 0. The number of anilines is 2. The molecule has 3 aromatic rings. The van der Waals surface area contributed by atoms with Crippen LogP contribution in [0.1, 0.15) is 24.8 Å². The van der Waals surface area contributed by atoms with Crippen LogP contribution in [0.3, 0.4) is 0 Å². The molecule has 2 aliphatic rings. The summed E-state index contributed by atoms with van der Waals surface area (Å²) in [5.41, 5.74) is 9.84. The molecule has 0 spiro atoms. The van der Waals surface area contributed by atoms with Gasteiger partial charge in [-0.15, -0.1) is 0 Å². The second kappa shape index (κ2) is 9.75. The first-order chi connectivity index (χ1) is 16.2. The SMILES string of the molecule is NC(=O)N(CCCCN1CCN(c2ccc3c(c2)CCCO3)CC1)c1coc2ccccc12. The molecule has 7 nitrogen and oxygen atoms in total. The number of aryl methyl sites for hydroxylation is 1. The zero-order chi connectivity index (χ0) is 22.6. The third-order valence-corrected chi connectivity index (χ3v) is 6.75. The maximum atomic E-state index is 12.1. The summed E-state index contributed by atoms with van der Waals surface area (Å²) in [6, 6.07) is 13.9. The van der Waals surface area contributed by atoms with Crippen molar-refractivity contribution in [3.8, 4) is 5.75 Å². The Morgan fingerprint density at radius 1 is 1.06 bits per heavy atom. The summed E-state index contributed by atoms with van der Waals surface area (Å²) in [6.07, 6.45) is 5.76. The number of ether oxygens (including phenoxy) is 1. The van der Waals surface area contributed by atoms with E-state index in [1.165, 1.54) is 11.3 Å². The van der Waals surface area contributed by atoms with Crippen molar-refractivity contribution < 1.29 is 13.9 Å². The first-order valence-electron chi connectivity index (χ1n) is 12.0. The number of unbranched alkanes of at least 4 members (excludes halogenated alkanes) is 1. The van der Waals surface area contributed by atoms with Gasteiger partial charge in [0, 0.05) is 43.8 Å². The highest BCUT2D eigenvalue weighted by Crippen LogP contribution is 2.30. The van der Waals surface area contributed by atoms with Gasteiger partial charge in [-0.1, -0.05) is 12.1 Å². The Balaban J connectivity index is 1.09. The van der Waals surface area contributed by atoms with E-state index in [0.29, 0.717) is 6.54 Å². The number of urea groups is 1. The highest BCUT2D eigenvalue weighted by atomic mass is 16.5. The van der Waals surface area contributed by atoms with E-state index in [1.54, 1.807) is 11.2 Å². The lowest BCUT2D eigenvalue weighted by molar-refractivity contribution is 0.249. The minimum absolute atomic E-state index is 0.439. The van der Waals surface area contributed by atoms with Gasteiger partial charge in [-0.3, -0.25) is 9.80 Å². The molecule has 5 rings (SSSR count). The van der Waals surface area contributed by atoms with Crippen LogP contribution in [0.5, 0.6) is 5.75 Å². The van der Waals surface area contributed by atoms with Gasteiger partial charge >= 0.3 is 6.03 Å². The quantitative estimate of drug-likeness (QED) is 0.547. The Bertz CT molecular complexity index is 1100. The predicted octanol–water partition coefficient (Wildman–Crippen LogP) is 4.25. The first-order valence-corrected chi connectivity index (χ1v) is 12.0. The predicted molar refractivity (Wildman–Crippen MR) is 131 cm³/mol. The van der Waals surface area contributed by atoms with Gasteiger partial charge < -0.3 is 19.8 Å². The minimum Gasteiger partial charge on any atom is -0.493 e. The molecule has 0 unspecified atom stereocenters. The number of hydrogen-bond acceptors (Lipinski definition) is 5. The van der Waals surface area contributed by atoms with E-state index in [9.17, 15) is 4.79 Å². The number of nitrogens with two attached hydrogens (primary N) is 1. The third kappa shape index (κ3) is 4.78. The molecule has 1 aromatic heterocycles. The lowest BCUT2D eigenvalue weighted by atomic mass is 10.0. The zero-order valence-electron chi connectivity index (χ0n) is 19.0. The fraction of sp³-hybridized carbons (Fsp3) is 0.423. The van der Waals surface area contributed by atoms with Gasteiger partial charge in [0.25, 0.3) is 0 Å². The van der Waals surface area contributed by atoms with Crippen LogP contribution in [0.2, 0.25) is 0 Å². The summed E-state index contributed by atoms with van der Waals surface area (Å²) >= 11 is 0. The number of rotatable bonds is 7. The number of benzene rings is 2. The molecule has 0 bridgehead atoms. The summed E-state index contributed by atoms with van der Waals surface area (Å²) in [5, 5.41) is 0.918. The molecular weight excluding hydrogens is 416 g/mol. The molecule has 0 atom stereocenters. The number of nitrogens with zero attached hydrogens (tertiary/aromatic N) is 3. The largest absolute Gasteiger partial charge is 0.493 e. The monoisotopic (exact) mass is 448 g/mol. The molecule has 0 radical (unpaired) electrons. The Morgan fingerprint density at radius 2 is 1.91 bits per heavy atom. The number of fused-ring (bicyclic) bond motifs is 2. The second-order valence-corrected chi connectivity index (χ2v) is 8.89. The van der Waals surface area contributed by atoms with E-state index in [-0.39, 0.29) is 0 Å². The maximum absolute atomic E-state index is 12.1.